The van der Waals surface area contributed by atoms with Gasteiger partial charge in [-0.2, -0.15) is 0 Å². The van der Waals surface area contributed by atoms with Crippen LogP contribution in [0.25, 0.3) is 0 Å². The number of hydrogen-bond donors (Lipinski definition) is 0. The minimum atomic E-state index is 0.557. The zero-order chi connectivity index (χ0) is 9.11. The van der Waals surface area contributed by atoms with E-state index in [1.54, 1.807) is 0 Å². The molecule has 70 valence electrons. The highest BCUT2D eigenvalue weighted by Gasteiger charge is 1.89. The van der Waals surface area contributed by atoms with Crippen LogP contribution in [-0.4, -0.2) is 36.3 Å². The van der Waals surface area contributed by atoms with Gasteiger partial charge in [-0.1, -0.05) is 20.8 Å². The van der Waals surface area contributed by atoms with Crippen molar-refractivity contribution >= 4 is 23.2 Å². The summed E-state index contributed by atoms with van der Waals surface area (Å²) in [7, 11) is 0. The molecule has 0 N–H and O–H groups in total. The van der Waals surface area contributed by atoms with Gasteiger partial charge in [0.25, 0.3) is 0 Å². The van der Waals surface area contributed by atoms with Crippen molar-refractivity contribution < 1.29 is 0 Å². The summed E-state index contributed by atoms with van der Waals surface area (Å²) in [5.41, 5.74) is 0. The van der Waals surface area contributed by atoms with E-state index in [4.69, 9.17) is 23.2 Å². The Kier molecular flexibility index (Phi) is 16.8. The molecule has 0 spiro atoms. The van der Waals surface area contributed by atoms with E-state index in [0.717, 1.165) is 0 Å². The topological polar surface area (TPSA) is 3.24 Å². The van der Waals surface area contributed by atoms with Crippen LogP contribution in [-0.2, 0) is 0 Å². The normalized spacial score (nSPS) is 9.27. The molecule has 0 rings (SSSR count). The summed E-state index contributed by atoms with van der Waals surface area (Å²) in [5.74, 6) is 1.11. The van der Waals surface area contributed by atoms with Gasteiger partial charge in [0.05, 0.1) is 0 Å². The van der Waals surface area contributed by atoms with Crippen molar-refractivity contribution in [1.29, 1.82) is 0 Å². The van der Waals surface area contributed by atoms with E-state index in [-0.39, 0.29) is 0 Å². The second kappa shape index (κ2) is 13.2. The number of nitrogens with zero attached hydrogens (tertiary/aromatic N) is 1. The van der Waals surface area contributed by atoms with Crippen molar-refractivity contribution in [1.82, 2.24) is 4.90 Å². The van der Waals surface area contributed by atoms with Crippen LogP contribution in [0.5, 0.6) is 0 Å². The first-order chi connectivity index (χ1) is 5.26. The molecule has 0 bridgehead atoms. The van der Waals surface area contributed by atoms with Crippen molar-refractivity contribution in [2.45, 2.75) is 20.8 Å². The minimum Gasteiger partial charge on any atom is -0.304 e. The Bertz CT molecular complexity index is 48.5. The summed E-state index contributed by atoms with van der Waals surface area (Å²) in [6.07, 6.45) is 0. The fourth-order valence-corrected chi connectivity index (χ4v) is 0.671. The predicted molar refractivity (Wildman–Crippen MR) is 54.9 cm³/mol. The van der Waals surface area contributed by atoms with Gasteiger partial charge in [0.15, 0.2) is 0 Å². The SMILES string of the molecule is CCN(CC)CC.ClCCCl. The van der Waals surface area contributed by atoms with Gasteiger partial charge in [0.1, 0.15) is 0 Å². The lowest BCUT2D eigenvalue weighted by atomic mass is 10.5. The molecule has 0 unspecified atom stereocenters. The van der Waals surface area contributed by atoms with Gasteiger partial charge in [0, 0.05) is 11.8 Å². The van der Waals surface area contributed by atoms with Crippen LogP contribution in [0.4, 0.5) is 0 Å². The molecule has 0 aliphatic carbocycles. The molecule has 0 amide bonds. The molecule has 0 saturated heterocycles. The Morgan fingerprint density at radius 3 is 1.09 bits per heavy atom. The van der Waals surface area contributed by atoms with E-state index in [1.165, 1.54) is 19.6 Å². The van der Waals surface area contributed by atoms with E-state index >= 15 is 0 Å². The lowest BCUT2D eigenvalue weighted by Crippen LogP contribution is -2.21. The highest BCUT2D eigenvalue weighted by atomic mass is 35.5. The minimum absolute atomic E-state index is 0.557. The molecule has 0 fully saturated rings. The van der Waals surface area contributed by atoms with Crippen LogP contribution in [0.1, 0.15) is 20.8 Å². The first kappa shape index (κ1) is 14.1. The Balaban J connectivity index is 0. The highest BCUT2D eigenvalue weighted by Crippen LogP contribution is 1.81. The number of alkyl halides is 2. The lowest BCUT2D eigenvalue weighted by molar-refractivity contribution is 0.321. The van der Waals surface area contributed by atoms with Crippen molar-refractivity contribution in [3.05, 3.63) is 0 Å². The molecule has 0 atom stereocenters. The number of halogens is 2. The maximum atomic E-state index is 5.05. The highest BCUT2D eigenvalue weighted by molar-refractivity contribution is 6.25. The molecular formula is C8H19Cl2N. The maximum absolute atomic E-state index is 5.05. The zero-order valence-corrected chi connectivity index (χ0v) is 9.25. The molecule has 11 heavy (non-hydrogen) atoms. The van der Waals surface area contributed by atoms with E-state index in [9.17, 15) is 0 Å². The first-order valence-electron chi connectivity index (χ1n) is 4.10. The van der Waals surface area contributed by atoms with Gasteiger partial charge in [-0.25, -0.2) is 0 Å². The van der Waals surface area contributed by atoms with Crippen LogP contribution in [0.15, 0.2) is 0 Å². The van der Waals surface area contributed by atoms with E-state index in [1.807, 2.05) is 0 Å². The molecule has 0 aromatic carbocycles. The van der Waals surface area contributed by atoms with Gasteiger partial charge >= 0.3 is 0 Å². The van der Waals surface area contributed by atoms with Crippen molar-refractivity contribution in [3.8, 4) is 0 Å². The summed E-state index contributed by atoms with van der Waals surface area (Å²) < 4.78 is 0. The van der Waals surface area contributed by atoms with Crippen LogP contribution in [0.3, 0.4) is 0 Å². The molecule has 0 aromatic rings. The van der Waals surface area contributed by atoms with E-state index in [2.05, 4.69) is 25.7 Å². The Labute approximate surface area is 80.7 Å². The second-order valence-corrected chi connectivity index (χ2v) is 2.75. The van der Waals surface area contributed by atoms with Gasteiger partial charge in [-0.05, 0) is 19.6 Å². The van der Waals surface area contributed by atoms with Crippen LogP contribution in [0.2, 0.25) is 0 Å². The van der Waals surface area contributed by atoms with Gasteiger partial charge < -0.3 is 4.90 Å². The molecular weight excluding hydrogens is 181 g/mol. The van der Waals surface area contributed by atoms with Crippen LogP contribution >= 0.6 is 23.2 Å². The summed E-state index contributed by atoms with van der Waals surface area (Å²) in [6.45, 7) is 10.1. The predicted octanol–water partition coefficient (Wildman–Crippen LogP) is 2.81. The second-order valence-electron chi connectivity index (χ2n) is 2.00. The third-order valence-electron chi connectivity index (χ3n) is 1.41. The summed E-state index contributed by atoms with van der Waals surface area (Å²) in [4.78, 5) is 2.38. The summed E-state index contributed by atoms with van der Waals surface area (Å²) in [5, 5.41) is 0. The fraction of sp³-hybridized carbons (Fsp3) is 1.00. The quantitative estimate of drug-likeness (QED) is 0.630. The average Bonchev–Trinajstić information content (AvgIpc) is 2.08. The largest absolute Gasteiger partial charge is 0.304 e. The molecule has 0 aromatic heterocycles. The third kappa shape index (κ3) is 13.5. The Hall–Kier alpha value is 0.540. The molecule has 1 nitrogen and oxygen atoms in total. The van der Waals surface area contributed by atoms with Gasteiger partial charge in [-0.15, -0.1) is 23.2 Å². The Morgan fingerprint density at radius 2 is 1.09 bits per heavy atom. The van der Waals surface area contributed by atoms with E-state index in [0.29, 0.717) is 11.8 Å². The Morgan fingerprint density at radius 1 is 0.818 bits per heavy atom. The molecule has 0 aliphatic heterocycles. The monoisotopic (exact) mass is 199 g/mol. The summed E-state index contributed by atoms with van der Waals surface area (Å²) in [6, 6.07) is 0. The van der Waals surface area contributed by atoms with Crippen LogP contribution in [0, 0.1) is 0 Å². The van der Waals surface area contributed by atoms with Crippen LogP contribution < -0.4 is 0 Å². The molecule has 0 saturated carbocycles. The molecule has 0 radical (unpaired) electrons. The third-order valence-corrected chi connectivity index (χ3v) is 1.98. The molecule has 0 heterocycles. The molecule has 3 heteroatoms. The number of hydrogen-bond acceptors (Lipinski definition) is 1. The zero-order valence-electron chi connectivity index (χ0n) is 7.74. The average molecular weight is 200 g/mol. The summed E-state index contributed by atoms with van der Waals surface area (Å²) >= 11 is 10.1. The smallest absolute Gasteiger partial charge is 0.0359 e. The van der Waals surface area contributed by atoms with E-state index < -0.39 is 0 Å². The van der Waals surface area contributed by atoms with Gasteiger partial charge in [-0.3, -0.25) is 0 Å². The standard InChI is InChI=1S/C6H15N.C2H4Cl2/c1-4-7(5-2)6-3;3-1-2-4/h4-6H2,1-3H3;1-2H2. The lowest BCUT2D eigenvalue weighted by Gasteiger charge is -2.13. The van der Waals surface area contributed by atoms with Gasteiger partial charge in [0.2, 0.25) is 0 Å². The van der Waals surface area contributed by atoms with Crippen molar-refractivity contribution in [3.63, 3.8) is 0 Å². The van der Waals surface area contributed by atoms with Crippen molar-refractivity contribution in [2.75, 3.05) is 31.4 Å². The fourth-order valence-electron chi connectivity index (χ4n) is 0.671. The number of rotatable bonds is 4. The molecule has 0 aliphatic rings. The maximum Gasteiger partial charge on any atom is 0.0359 e. The van der Waals surface area contributed by atoms with Crippen molar-refractivity contribution in [2.24, 2.45) is 0 Å². The first-order valence-corrected chi connectivity index (χ1v) is 5.17.